The number of aliphatic imine (C=N–C) groups is 1. The van der Waals surface area contributed by atoms with Crippen molar-refractivity contribution in [1.82, 2.24) is 4.90 Å². The van der Waals surface area contributed by atoms with E-state index in [2.05, 4.69) is 15.0 Å². The molecule has 3 aromatic rings. The third kappa shape index (κ3) is 8.14. The van der Waals surface area contributed by atoms with Crippen LogP contribution in [0.3, 0.4) is 0 Å². The number of thioether (sulfide) groups is 1. The number of benzene rings is 3. The lowest BCUT2D eigenvalue weighted by Gasteiger charge is -2.32. The Kier molecular flexibility index (Phi) is 9.03. The Labute approximate surface area is 232 Å². The quantitative estimate of drug-likeness (QED) is 0.306. The molecule has 0 saturated carbocycles. The van der Waals surface area contributed by atoms with E-state index in [0.29, 0.717) is 29.5 Å². The Morgan fingerprint density at radius 3 is 2.33 bits per heavy atom. The number of carbonyl (C=O) groups is 2. The third-order valence-corrected chi connectivity index (χ3v) is 6.89. The van der Waals surface area contributed by atoms with Gasteiger partial charge >= 0.3 is 5.57 Å². The highest BCUT2D eigenvalue weighted by Gasteiger charge is 2.36. The molecule has 1 fully saturated rings. The molecule has 12 heteroatoms. The summed E-state index contributed by atoms with van der Waals surface area (Å²) < 4.78 is 48.5. The summed E-state index contributed by atoms with van der Waals surface area (Å²) >= 11 is 5.88. The minimum Gasteiger partial charge on any atom is -0.497 e. The van der Waals surface area contributed by atoms with Gasteiger partial charge in [0.05, 0.1) is 12.8 Å². The number of carbonyl (C=O) groups excluding carboxylic acids is 2. The van der Waals surface area contributed by atoms with Gasteiger partial charge in [0.1, 0.15) is 22.6 Å². The monoisotopic (exact) mass is 577 g/mol. The number of nitrogens with zero attached hydrogens (tertiary/aromatic N) is 2. The number of anilines is 1. The van der Waals surface area contributed by atoms with Crippen molar-refractivity contribution in [2.24, 2.45) is 4.99 Å². The van der Waals surface area contributed by atoms with Gasteiger partial charge in [-0.25, -0.2) is 9.38 Å². The van der Waals surface area contributed by atoms with E-state index in [1.165, 1.54) is 53.4 Å². The van der Waals surface area contributed by atoms with Gasteiger partial charge in [0.25, 0.3) is 0 Å². The van der Waals surface area contributed by atoms with Crippen LogP contribution in [0.25, 0.3) is 0 Å². The Morgan fingerprint density at radius 2 is 1.72 bits per heavy atom. The van der Waals surface area contributed by atoms with Crippen molar-refractivity contribution < 1.29 is 32.2 Å². The number of nitrogens with one attached hydrogen (secondary N) is 1. The molecule has 4 rings (SSSR count). The average molecular weight is 578 g/mol. The van der Waals surface area contributed by atoms with Crippen LogP contribution < -0.4 is 14.8 Å². The fourth-order valence-corrected chi connectivity index (χ4v) is 4.90. The first-order chi connectivity index (χ1) is 18.6. The number of halogens is 4. The van der Waals surface area contributed by atoms with Crippen LogP contribution in [0.4, 0.5) is 24.5 Å². The molecule has 1 N–H and O–H groups in total. The summed E-state index contributed by atoms with van der Waals surface area (Å²) in [6.45, 7) is 0.319. The van der Waals surface area contributed by atoms with Gasteiger partial charge in [-0.05, 0) is 72.6 Å². The van der Waals surface area contributed by atoms with Crippen LogP contribution in [0, 0.1) is 5.82 Å². The standard InChI is InChI=1S/C27H23ClF3N3O4S/c1-37-21-10-2-17(3-11-21)14-15-34-24(35)16-23(39-26(34)33-20-6-4-18(29)5-7-20)25(36)32-19-8-12-22(13-9-19)38-27(28,30)31/h2-13,23H,14-16H2,1H3,(H,32,36). The fraction of sp³-hybridized carbons (Fsp3) is 0.222. The smallest absolute Gasteiger partial charge is 0.487 e. The molecule has 1 unspecified atom stereocenters. The SMILES string of the molecule is COc1ccc(CCN2C(=O)CC(C(=O)Nc3ccc(OC(F)(F)Cl)cc3)SC2=Nc2ccc(F)cc2)cc1. The maximum absolute atomic E-state index is 13.4. The van der Waals surface area contributed by atoms with Gasteiger partial charge in [0.2, 0.25) is 11.8 Å². The summed E-state index contributed by atoms with van der Waals surface area (Å²) in [6, 6.07) is 18.1. The number of ether oxygens (including phenoxy) is 2. The van der Waals surface area contributed by atoms with Gasteiger partial charge in [0, 0.05) is 30.3 Å². The van der Waals surface area contributed by atoms with E-state index in [1.54, 1.807) is 7.11 Å². The summed E-state index contributed by atoms with van der Waals surface area (Å²) in [4.78, 5) is 32.3. The number of methoxy groups -OCH3 is 1. The number of amides is 2. The van der Waals surface area contributed by atoms with Crippen molar-refractivity contribution in [3.8, 4) is 11.5 Å². The molecule has 39 heavy (non-hydrogen) atoms. The van der Waals surface area contributed by atoms with Crippen molar-refractivity contribution in [1.29, 1.82) is 0 Å². The summed E-state index contributed by atoms with van der Waals surface area (Å²) in [5.74, 6) is -0.653. The van der Waals surface area contributed by atoms with Gasteiger partial charge < -0.3 is 14.8 Å². The van der Waals surface area contributed by atoms with Crippen molar-refractivity contribution in [2.45, 2.75) is 23.7 Å². The van der Waals surface area contributed by atoms with Crippen molar-refractivity contribution in [3.05, 3.63) is 84.2 Å². The summed E-state index contributed by atoms with van der Waals surface area (Å²) in [5.41, 5.74) is -2.14. The molecule has 7 nitrogen and oxygen atoms in total. The second kappa shape index (κ2) is 12.4. The fourth-order valence-electron chi connectivity index (χ4n) is 3.68. The van der Waals surface area contributed by atoms with Crippen LogP contribution in [0.15, 0.2) is 77.8 Å². The molecular weight excluding hydrogens is 555 g/mol. The Balaban J connectivity index is 1.49. The molecule has 0 aliphatic carbocycles. The molecule has 204 valence electrons. The molecule has 1 atom stereocenters. The lowest BCUT2D eigenvalue weighted by molar-refractivity contribution is -0.129. The molecule has 1 aliphatic heterocycles. The van der Waals surface area contributed by atoms with Crippen LogP contribution in [0.5, 0.6) is 11.5 Å². The minimum atomic E-state index is -3.86. The Hall–Kier alpha value is -3.70. The van der Waals surface area contributed by atoms with E-state index < -0.39 is 22.5 Å². The third-order valence-electron chi connectivity index (χ3n) is 5.62. The Morgan fingerprint density at radius 1 is 1.08 bits per heavy atom. The van der Waals surface area contributed by atoms with E-state index in [1.807, 2.05) is 24.3 Å². The highest BCUT2D eigenvalue weighted by molar-refractivity contribution is 8.15. The van der Waals surface area contributed by atoms with Gasteiger partial charge in [-0.15, -0.1) is 8.78 Å². The van der Waals surface area contributed by atoms with Crippen molar-refractivity contribution in [2.75, 3.05) is 19.0 Å². The largest absolute Gasteiger partial charge is 0.497 e. The second-order valence-corrected chi connectivity index (χ2v) is 10.00. The van der Waals surface area contributed by atoms with Crippen LogP contribution in [-0.2, 0) is 16.0 Å². The number of hydrogen-bond donors (Lipinski definition) is 1. The molecular formula is C27H23ClF3N3O4S. The molecule has 3 aromatic carbocycles. The lowest BCUT2D eigenvalue weighted by atomic mass is 10.1. The maximum atomic E-state index is 13.4. The summed E-state index contributed by atoms with van der Waals surface area (Å²) in [6.07, 6.45) is 0.451. The van der Waals surface area contributed by atoms with Gasteiger partial charge in [-0.2, -0.15) is 0 Å². The van der Waals surface area contributed by atoms with E-state index >= 15 is 0 Å². The minimum absolute atomic E-state index is 0.0821. The van der Waals surface area contributed by atoms with E-state index in [9.17, 15) is 22.8 Å². The number of rotatable bonds is 9. The van der Waals surface area contributed by atoms with E-state index in [0.717, 1.165) is 23.1 Å². The molecule has 1 aliphatic rings. The number of amidine groups is 1. The second-order valence-electron chi connectivity index (χ2n) is 8.39. The summed E-state index contributed by atoms with van der Waals surface area (Å²) in [7, 11) is 1.58. The number of hydrogen-bond acceptors (Lipinski definition) is 6. The van der Waals surface area contributed by atoms with Crippen molar-refractivity contribution in [3.63, 3.8) is 0 Å². The highest BCUT2D eigenvalue weighted by Crippen LogP contribution is 2.31. The predicted molar refractivity (Wildman–Crippen MR) is 144 cm³/mol. The molecule has 0 radical (unpaired) electrons. The Bertz CT molecular complexity index is 1330. The summed E-state index contributed by atoms with van der Waals surface area (Å²) in [5, 5.41) is 2.17. The first kappa shape index (κ1) is 28.3. The first-order valence-corrected chi connectivity index (χ1v) is 13.0. The molecule has 2 amide bonds. The van der Waals surface area contributed by atoms with Crippen LogP contribution in [-0.4, -0.2) is 46.4 Å². The average Bonchev–Trinajstić information content (AvgIpc) is 2.90. The molecule has 1 saturated heterocycles. The number of alkyl halides is 3. The zero-order valence-corrected chi connectivity index (χ0v) is 22.1. The maximum Gasteiger partial charge on any atom is 0.487 e. The van der Waals surface area contributed by atoms with E-state index in [-0.39, 0.29) is 18.1 Å². The van der Waals surface area contributed by atoms with Crippen LogP contribution in [0.2, 0.25) is 0 Å². The zero-order chi connectivity index (χ0) is 28.0. The highest BCUT2D eigenvalue weighted by atomic mass is 35.5. The lowest BCUT2D eigenvalue weighted by Crippen LogP contribution is -2.46. The molecule has 0 aromatic heterocycles. The first-order valence-electron chi connectivity index (χ1n) is 11.7. The molecule has 0 spiro atoms. The molecule has 0 bridgehead atoms. The molecule has 1 heterocycles. The predicted octanol–water partition coefficient (Wildman–Crippen LogP) is 6.21. The normalized spacial score (nSPS) is 16.7. The zero-order valence-electron chi connectivity index (χ0n) is 20.6. The van der Waals surface area contributed by atoms with Gasteiger partial charge in [-0.1, -0.05) is 23.9 Å². The topological polar surface area (TPSA) is 80.2 Å². The van der Waals surface area contributed by atoms with Crippen LogP contribution >= 0.6 is 23.4 Å². The van der Waals surface area contributed by atoms with Crippen molar-refractivity contribution >= 4 is 51.7 Å². The van der Waals surface area contributed by atoms with Gasteiger partial charge in [0.15, 0.2) is 5.17 Å². The van der Waals surface area contributed by atoms with Crippen LogP contribution in [0.1, 0.15) is 12.0 Å². The van der Waals surface area contributed by atoms with Gasteiger partial charge in [-0.3, -0.25) is 14.5 Å². The van der Waals surface area contributed by atoms with E-state index in [4.69, 9.17) is 16.3 Å².